The number of hydrogen-bond donors (Lipinski definition) is 1. The topological polar surface area (TPSA) is 84.8 Å². The Hall–Kier alpha value is -1.19. The molecule has 0 spiro atoms. The normalized spacial score (nSPS) is 17.7. The van der Waals surface area contributed by atoms with Crippen LogP contribution in [0, 0.1) is 0 Å². The van der Waals surface area contributed by atoms with E-state index in [2.05, 4.69) is 29.8 Å². The highest BCUT2D eigenvalue weighted by molar-refractivity contribution is 9.11. The highest BCUT2D eigenvalue weighted by Crippen LogP contribution is 2.27. The number of halogens is 1. The number of carbonyl (C=O) groups excluding carboxylic acids is 1. The van der Waals surface area contributed by atoms with Crippen molar-refractivity contribution in [3.8, 4) is 0 Å². The highest BCUT2D eigenvalue weighted by Gasteiger charge is 2.29. The Kier molecular flexibility index (Phi) is 3.79. The molecule has 0 radical (unpaired) electrons. The van der Waals surface area contributed by atoms with Gasteiger partial charge in [0.15, 0.2) is 0 Å². The van der Waals surface area contributed by atoms with Gasteiger partial charge in [-0.15, -0.1) is 15.7 Å². The van der Waals surface area contributed by atoms with Crippen LogP contribution in [0.3, 0.4) is 0 Å². The molecule has 1 aliphatic heterocycles. The summed E-state index contributed by atoms with van der Waals surface area (Å²) in [4.78, 5) is 12.2. The van der Waals surface area contributed by atoms with Gasteiger partial charge in [-0.25, -0.2) is 4.79 Å². The first-order chi connectivity index (χ1) is 8.84. The molecule has 0 saturated carbocycles. The second-order valence-electron chi connectivity index (χ2n) is 3.61. The zero-order valence-electron chi connectivity index (χ0n) is 9.93. The summed E-state index contributed by atoms with van der Waals surface area (Å²) in [5.74, 6) is -0.746. The van der Waals surface area contributed by atoms with Gasteiger partial charge in [0.1, 0.15) is 11.4 Å². The van der Waals surface area contributed by atoms with E-state index in [0.717, 1.165) is 3.79 Å². The number of allylic oxidation sites excluding steroid dienone is 1. The molecule has 1 N–H and O–H groups in total. The van der Waals surface area contributed by atoms with Crippen LogP contribution in [0.4, 0.5) is 0 Å². The first kappa shape index (κ1) is 14.2. The Balaban J connectivity index is 2.60. The van der Waals surface area contributed by atoms with Crippen LogP contribution in [-0.2, 0) is 19.7 Å². The lowest BCUT2D eigenvalue weighted by Gasteiger charge is -2.17. The summed E-state index contributed by atoms with van der Waals surface area (Å²) in [5.41, 5.74) is 0.558. The SMILES string of the molecule is COC(=O)C1=C(C)C(c2ccc(Br)s2)=NS(=O)(=O)N1. The average molecular weight is 365 g/mol. The number of thiophene rings is 1. The first-order valence-electron chi connectivity index (χ1n) is 5.02. The molecule has 1 aromatic rings. The molecule has 19 heavy (non-hydrogen) atoms. The summed E-state index contributed by atoms with van der Waals surface area (Å²) in [6, 6.07) is 3.51. The third-order valence-electron chi connectivity index (χ3n) is 2.37. The predicted molar refractivity (Wildman–Crippen MR) is 75.3 cm³/mol. The number of methoxy groups -OCH3 is 1. The van der Waals surface area contributed by atoms with E-state index in [4.69, 9.17) is 0 Å². The Labute approximate surface area is 122 Å². The van der Waals surface area contributed by atoms with E-state index in [1.807, 2.05) is 0 Å². The van der Waals surface area contributed by atoms with Crippen molar-refractivity contribution in [2.45, 2.75) is 6.92 Å². The molecule has 0 unspecified atom stereocenters. The second-order valence-corrected chi connectivity index (χ2v) is 7.41. The Morgan fingerprint density at radius 3 is 2.68 bits per heavy atom. The van der Waals surface area contributed by atoms with Crippen LogP contribution in [0.5, 0.6) is 0 Å². The summed E-state index contributed by atoms with van der Waals surface area (Å²) < 4.78 is 34.5. The minimum atomic E-state index is -3.94. The van der Waals surface area contributed by atoms with E-state index in [9.17, 15) is 13.2 Å². The van der Waals surface area contributed by atoms with Gasteiger partial charge in [0, 0.05) is 5.57 Å². The van der Waals surface area contributed by atoms with E-state index >= 15 is 0 Å². The number of nitrogens with zero attached hydrogens (tertiary/aromatic N) is 1. The average Bonchev–Trinajstić information content (AvgIpc) is 2.77. The van der Waals surface area contributed by atoms with Crippen molar-refractivity contribution in [2.24, 2.45) is 4.40 Å². The van der Waals surface area contributed by atoms with Gasteiger partial charge in [-0.05, 0) is 35.0 Å². The van der Waals surface area contributed by atoms with Gasteiger partial charge in [-0.1, -0.05) is 0 Å². The molecule has 0 aliphatic carbocycles. The standard InChI is InChI=1S/C10H9BrN2O4S2/c1-5-8(6-3-4-7(11)18-6)12-19(15,16)13-9(5)10(14)17-2/h3-4,13H,1-2H3. The van der Waals surface area contributed by atoms with Gasteiger partial charge in [0.25, 0.3) is 0 Å². The third kappa shape index (κ3) is 2.88. The molecule has 2 heterocycles. The summed E-state index contributed by atoms with van der Waals surface area (Å²) >= 11 is 4.62. The van der Waals surface area contributed by atoms with Gasteiger partial charge in [-0.2, -0.15) is 8.42 Å². The fraction of sp³-hybridized carbons (Fsp3) is 0.200. The fourth-order valence-electron chi connectivity index (χ4n) is 1.50. The smallest absolute Gasteiger partial charge is 0.355 e. The Bertz CT molecular complexity index is 703. The van der Waals surface area contributed by atoms with Gasteiger partial charge < -0.3 is 4.74 Å². The molecule has 0 saturated heterocycles. The molecule has 0 fully saturated rings. The molecule has 1 aromatic heterocycles. The number of esters is 1. The summed E-state index contributed by atoms with van der Waals surface area (Å²) in [5, 5.41) is 0. The minimum absolute atomic E-state index is 0.114. The lowest BCUT2D eigenvalue weighted by molar-refractivity contribution is -0.136. The first-order valence-corrected chi connectivity index (χ1v) is 8.07. The van der Waals surface area contributed by atoms with Gasteiger partial charge in [0.2, 0.25) is 0 Å². The molecule has 0 amide bonds. The van der Waals surface area contributed by atoms with Crippen LogP contribution in [0.1, 0.15) is 11.8 Å². The van der Waals surface area contributed by atoms with Crippen molar-refractivity contribution in [2.75, 3.05) is 7.11 Å². The second kappa shape index (κ2) is 5.06. The number of rotatable bonds is 2. The molecule has 6 nitrogen and oxygen atoms in total. The third-order valence-corrected chi connectivity index (χ3v) is 4.88. The number of hydrogen-bond acceptors (Lipinski definition) is 5. The maximum absolute atomic E-state index is 11.7. The molecule has 0 bridgehead atoms. The Morgan fingerprint density at radius 1 is 1.47 bits per heavy atom. The molecule has 1 aliphatic rings. The van der Waals surface area contributed by atoms with E-state index in [1.165, 1.54) is 18.4 Å². The number of carbonyl (C=O) groups is 1. The van der Waals surface area contributed by atoms with E-state index in [1.54, 1.807) is 19.1 Å². The summed E-state index contributed by atoms with van der Waals surface area (Å²) in [7, 11) is -2.75. The van der Waals surface area contributed by atoms with E-state index in [-0.39, 0.29) is 11.4 Å². The van der Waals surface area contributed by atoms with Crippen molar-refractivity contribution in [1.29, 1.82) is 0 Å². The van der Waals surface area contributed by atoms with Crippen LogP contribution in [-0.4, -0.2) is 27.2 Å². The van der Waals surface area contributed by atoms with Crippen molar-refractivity contribution in [3.05, 3.63) is 32.1 Å². The van der Waals surface area contributed by atoms with E-state index in [0.29, 0.717) is 10.5 Å². The van der Waals surface area contributed by atoms with Crippen molar-refractivity contribution in [3.63, 3.8) is 0 Å². The van der Waals surface area contributed by atoms with Crippen LogP contribution in [0.25, 0.3) is 0 Å². The van der Waals surface area contributed by atoms with Crippen LogP contribution in [0.15, 0.2) is 31.6 Å². The van der Waals surface area contributed by atoms with E-state index < -0.39 is 16.2 Å². The maximum atomic E-state index is 11.7. The zero-order chi connectivity index (χ0) is 14.2. The van der Waals surface area contributed by atoms with Crippen molar-refractivity contribution in [1.82, 2.24) is 4.72 Å². The summed E-state index contributed by atoms with van der Waals surface area (Å²) in [6.07, 6.45) is 0. The predicted octanol–water partition coefficient (Wildman–Crippen LogP) is 1.59. The monoisotopic (exact) mass is 364 g/mol. The maximum Gasteiger partial charge on any atom is 0.355 e. The molecular weight excluding hydrogens is 356 g/mol. The lowest BCUT2D eigenvalue weighted by atomic mass is 10.1. The molecular formula is C10H9BrN2O4S2. The fourth-order valence-corrected chi connectivity index (χ4v) is 4.01. The lowest BCUT2D eigenvalue weighted by Crippen LogP contribution is -2.33. The molecule has 0 aromatic carbocycles. The van der Waals surface area contributed by atoms with Gasteiger partial charge >= 0.3 is 16.2 Å². The van der Waals surface area contributed by atoms with Gasteiger partial charge in [-0.3, -0.25) is 4.72 Å². The van der Waals surface area contributed by atoms with Crippen molar-refractivity contribution < 1.29 is 17.9 Å². The molecule has 0 atom stereocenters. The molecule has 102 valence electrons. The highest BCUT2D eigenvalue weighted by atomic mass is 79.9. The molecule has 2 rings (SSSR count). The summed E-state index contributed by atoms with van der Waals surface area (Å²) in [6.45, 7) is 1.61. The number of nitrogens with one attached hydrogen (secondary N) is 1. The largest absolute Gasteiger partial charge is 0.464 e. The zero-order valence-corrected chi connectivity index (χ0v) is 13.1. The van der Waals surface area contributed by atoms with Crippen LogP contribution < -0.4 is 4.72 Å². The Morgan fingerprint density at radius 2 is 2.16 bits per heavy atom. The van der Waals surface area contributed by atoms with Crippen LogP contribution >= 0.6 is 27.3 Å². The van der Waals surface area contributed by atoms with Crippen molar-refractivity contribution >= 4 is 49.2 Å². The molecule has 9 heteroatoms. The number of ether oxygens (including phenoxy) is 1. The minimum Gasteiger partial charge on any atom is -0.464 e. The quantitative estimate of drug-likeness (QED) is 0.807. The van der Waals surface area contributed by atoms with Gasteiger partial charge in [0.05, 0.1) is 15.8 Å². The van der Waals surface area contributed by atoms with Crippen LogP contribution in [0.2, 0.25) is 0 Å².